The van der Waals surface area contributed by atoms with Crippen LogP contribution in [0.5, 0.6) is 0 Å². The maximum absolute atomic E-state index is 9.27. The summed E-state index contributed by atoms with van der Waals surface area (Å²) in [6, 6.07) is 23.2. The molecular formula is C21H24N2O. The lowest BCUT2D eigenvalue weighted by Gasteiger charge is -2.26. The summed E-state index contributed by atoms with van der Waals surface area (Å²) in [4.78, 5) is 2.40. The third-order valence-corrected chi connectivity index (χ3v) is 4.75. The summed E-state index contributed by atoms with van der Waals surface area (Å²) < 4.78 is 6.24. The standard InChI is InChI=1S/C21H24N2O/c1-17-14-23(15-18-8-4-2-5-9-18)20(12-13-22)21(17)24-16-19-10-6-3-7-11-19/h2-11,17,20-21H,12,14-16H2,1H3/t17-,20-,21+/m1/s1. The molecule has 24 heavy (non-hydrogen) atoms. The van der Waals surface area contributed by atoms with Gasteiger partial charge in [-0.2, -0.15) is 5.26 Å². The Balaban J connectivity index is 1.68. The van der Waals surface area contributed by atoms with Gasteiger partial charge in [-0.25, -0.2) is 0 Å². The normalized spacial score (nSPS) is 23.9. The van der Waals surface area contributed by atoms with Crippen molar-refractivity contribution in [2.75, 3.05) is 6.54 Å². The lowest BCUT2D eigenvalue weighted by molar-refractivity contribution is -0.000907. The maximum Gasteiger partial charge on any atom is 0.0782 e. The van der Waals surface area contributed by atoms with Crippen molar-refractivity contribution in [1.29, 1.82) is 5.26 Å². The molecule has 0 radical (unpaired) electrons. The van der Waals surface area contributed by atoms with Crippen molar-refractivity contribution in [3.8, 4) is 6.07 Å². The number of rotatable bonds is 6. The van der Waals surface area contributed by atoms with Gasteiger partial charge in [0.15, 0.2) is 0 Å². The summed E-state index contributed by atoms with van der Waals surface area (Å²) >= 11 is 0. The first-order valence-corrected chi connectivity index (χ1v) is 8.58. The summed E-state index contributed by atoms with van der Waals surface area (Å²) in [5.41, 5.74) is 2.47. The molecule has 0 aromatic heterocycles. The molecule has 3 rings (SSSR count). The molecule has 2 aromatic carbocycles. The first kappa shape index (κ1) is 16.7. The molecule has 0 amide bonds. The zero-order valence-electron chi connectivity index (χ0n) is 14.1. The maximum atomic E-state index is 9.27. The van der Waals surface area contributed by atoms with Crippen LogP contribution in [0.3, 0.4) is 0 Å². The van der Waals surface area contributed by atoms with E-state index >= 15 is 0 Å². The van der Waals surface area contributed by atoms with Gasteiger partial charge in [-0.05, 0) is 17.0 Å². The quantitative estimate of drug-likeness (QED) is 0.807. The number of ether oxygens (including phenoxy) is 1. The average molecular weight is 320 g/mol. The van der Waals surface area contributed by atoms with E-state index in [9.17, 15) is 5.26 Å². The molecule has 1 aliphatic heterocycles. The van der Waals surface area contributed by atoms with Gasteiger partial charge < -0.3 is 4.74 Å². The van der Waals surface area contributed by atoms with Crippen LogP contribution in [0.1, 0.15) is 24.5 Å². The largest absolute Gasteiger partial charge is 0.372 e. The van der Waals surface area contributed by atoms with Gasteiger partial charge in [-0.15, -0.1) is 0 Å². The van der Waals surface area contributed by atoms with Crippen molar-refractivity contribution < 1.29 is 4.74 Å². The third-order valence-electron chi connectivity index (χ3n) is 4.75. The SMILES string of the molecule is C[C@@H]1CN(Cc2ccccc2)[C@H](CC#N)[C@H]1OCc1ccccc1. The molecular weight excluding hydrogens is 296 g/mol. The molecule has 3 nitrogen and oxygen atoms in total. The highest BCUT2D eigenvalue weighted by Gasteiger charge is 2.39. The van der Waals surface area contributed by atoms with Crippen LogP contribution in [0.15, 0.2) is 60.7 Å². The van der Waals surface area contributed by atoms with Gasteiger partial charge in [-0.1, -0.05) is 67.6 Å². The molecule has 3 heteroatoms. The second-order valence-corrected chi connectivity index (χ2v) is 6.58. The van der Waals surface area contributed by atoms with Crippen LogP contribution in [0.4, 0.5) is 0 Å². The molecule has 0 spiro atoms. The molecule has 1 heterocycles. The molecule has 2 aromatic rings. The first-order valence-electron chi connectivity index (χ1n) is 8.58. The van der Waals surface area contributed by atoms with Crippen molar-refractivity contribution in [3.63, 3.8) is 0 Å². The predicted octanol–water partition coefficient (Wildman–Crippen LogP) is 4.01. The van der Waals surface area contributed by atoms with Crippen LogP contribution < -0.4 is 0 Å². The molecule has 0 bridgehead atoms. The lowest BCUT2D eigenvalue weighted by atomic mass is 10.0. The van der Waals surface area contributed by atoms with Gasteiger partial charge in [0, 0.05) is 19.1 Å². The van der Waals surface area contributed by atoms with E-state index in [0.29, 0.717) is 18.9 Å². The minimum Gasteiger partial charge on any atom is -0.372 e. The number of nitriles is 1. The summed E-state index contributed by atoms with van der Waals surface area (Å²) in [5.74, 6) is 0.427. The minimum absolute atomic E-state index is 0.105. The monoisotopic (exact) mass is 320 g/mol. The fraction of sp³-hybridized carbons (Fsp3) is 0.381. The van der Waals surface area contributed by atoms with Gasteiger partial charge in [0.1, 0.15) is 0 Å². The summed E-state index contributed by atoms with van der Waals surface area (Å²) in [7, 11) is 0. The van der Waals surface area contributed by atoms with Crippen LogP contribution in [0, 0.1) is 17.2 Å². The van der Waals surface area contributed by atoms with Gasteiger partial charge in [0.25, 0.3) is 0 Å². The Bertz CT molecular complexity index is 665. The summed E-state index contributed by atoms with van der Waals surface area (Å²) in [6.45, 7) is 4.69. The van der Waals surface area contributed by atoms with E-state index in [1.165, 1.54) is 11.1 Å². The van der Waals surface area contributed by atoms with E-state index in [-0.39, 0.29) is 12.1 Å². The van der Waals surface area contributed by atoms with E-state index in [0.717, 1.165) is 13.1 Å². The summed E-state index contributed by atoms with van der Waals surface area (Å²) in [5, 5.41) is 9.27. The Morgan fingerprint density at radius 1 is 1.04 bits per heavy atom. The minimum atomic E-state index is 0.105. The van der Waals surface area contributed by atoms with Gasteiger partial charge >= 0.3 is 0 Å². The molecule has 124 valence electrons. The third kappa shape index (κ3) is 4.03. The number of nitrogens with zero attached hydrogens (tertiary/aromatic N) is 2. The van der Waals surface area contributed by atoms with Crippen LogP contribution >= 0.6 is 0 Å². The summed E-state index contributed by atoms with van der Waals surface area (Å²) in [6.07, 6.45) is 0.616. The van der Waals surface area contributed by atoms with E-state index in [1.54, 1.807) is 0 Å². The van der Waals surface area contributed by atoms with Gasteiger partial charge in [0.2, 0.25) is 0 Å². The average Bonchev–Trinajstić information content (AvgIpc) is 2.90. The van der Waals surface area contributed by atoms with E-state index in [1.807, 2.05) is 24.3 Å². The van der Waals surface area contributed by atoms with Crippen molar-refractivity contribution >= 4 is 0 Å². The molecule has 0 saturated carbocycles. The fourth-order valence-corrected chi connectivity index (χ4v) is 3.58. The molecule has 1 aliphatic rings. The van der Waals surface area contributed by atoms with E-state index in [2.05, 4.69) is 54.3 Å². The highest BCUT2D eigenvalue weighted by molar-refractivity contribution is 5.16. The Labute approximate surface area is 144 Å². The van der Waals surface area contributed by atoms with Crippen molar-refractivity contribution in [1.82, 2.24) is 4.90 Å². The Hall–Kier alpha value is -2.15. The number of hydrogen-bond donors (Lipinski definition) is 0. The number of hydrogen-bond acceptors (Lipinski definition) is 3. The molecule has 1 fully saturated rings. The molecule has 3 atom stereocenters. The Morgan fingerprint density at radius 2 is 1.67 bits per heavy atom. The second-order valence-electron chi connectivity index (χ2n) is 6.58. The second kappa shape index (κ2) is 8.10. The first-order chi connectivity index (χ1) is 11.8. The smallest absolute Gasteiger partial charge is 0.0782 e. The zero-order valence-corrected chi connectivity index (χ0v) is 14.1. The predicted molar refractivity (Wildman–Crippen MR) is 95.1 cm³/mol. The van der Waals surface area contributed by atoms with Crippen LogP contribution in [0.25, 0.3) is 0 Å². The van der Waals surface area contributed by atoms with Gasteiger partial charge in [-0.3, -0.25) is 4.90 Å². The van der Waals surface area contributed by atoms with Crippen LogP contribution in [-0.4, -0.2) is 23.6 Å². The Kier molecular flexibility index (Phi) is 5.63. The Morgan fingerprint density at radius 3 is 2.29 bits per heavy atom. The van der Waals surface area contributed by atoms with Crippen molar-refractivity contribution in [2.24, 2.45) is 5.92 Å². The topological polar surface area (TPSA) is 36.3 Å². The van der Waals surface area contributed by atoms with Crippen LogP contribution in [0.2, 0.25) is 0 Å². The highest BCUT2D eigenvalue weighted by atomic mass is 16.5. The van der Waals surface area contributed by atoms with E-state index in [4.69, 9.17) is 4.74 Å². The van der Waals surface area contributed by atoms with Crippen LogP contribution in [-0.2, 0) is 17.9 Å². The molecule has 0 unspecified atom stereocenters. The van der Waals surface area contributed by atoms with Gasteiger partial charge in [0.05, 0.1) is 25.2 Å². The highest BCUT2D eigenvalue weighted by Crippen LogP contribution is 2.30. The molecule has 0 N–H and O–H groups in total. The number of likely N-dealkylation sites (tertiary alicyclic amines) is 1. The van der Waals surface area contributed by atoms with Crippen molar-refractivity contribution in [3.05, 3.63) is 71.8 Å². The van der Waals surface area contributed by atoms with E-state index < -0.39 is 0 Å². The fourth-order valence-electron chi connectivity index (χ4n) is 3.58. The molecule has 1 saturated heterocycles. The number of benzene rings is 2. The lowest BCUT2D eigenvalue weighted by Crippen LogP contribution is -2.36. The van der Waals surface area contributed by atoms with Crippen molar-refractivity contribution in [2.45, 2.75) is 38.6 Å². The molecule has 0 aliphatic carbocycles. The zero-order chi connectivity index (χ0) is 16.8.